The highest BCUT2D eigenvalue weighted by molar-refractivity contribution is 8.00. The van der Waals surface area contributed by atoms with E-state index in [0.717, 1.165) is 30.0 Å². The molecule has 1 saturated heterocycles. The minimum atomic E-state index is 0. The van der Waals surface area contributed by atoms with E-state index in [1.165, 1.54) is 0 Å². The molecule has 1 aliphatic heterocycles. The smallest absolute Gasteiger partial charge is 0.227 e. The molecule has 0 bridgehead atoms. The van der Waals surface area contributed by atoms with Crippen molar-refractivity contribution in [3.63, 3.8) is 0 Å². The fourth-order valence-corrected chi connectivity index (χ4v) is 3.44. The Balaban J connectivity index is 0.00000220. The van der Waals surface area contributed by atoms with E-state index in [0.29, 0.717) is 11.3 Å². The van der Waals surface area contributed by atoms with Crippen LogP contribution in [0.1, 0.15) is 33.6 Å². The number of halogens is 1. The predicted octanol–water partition coefficient (Wildman–Crippen LogP) is 3.94. The SMILES string of the molecule is CC(C)Sc1ccccc1NC(=O)[C@H]1CCN[C@@H](C)C1.Cl. The molecule has 2 atom stereocenters. The van der Waals surface area contributed by atoms with Crippen LogP contribution in [-0.2, 0) is 4.79 Å². The number of hydrogen-bond acceptors (Lipinski definition) is 3. The zero-order valence-corrected chi connectivity index (χ0v) is 14.5. The Morgan fingerprint density at radius 3 is 2.76 bits per heavy atom. The van der Waals surface area contributed by atoms with Gasteiger partial charge < -0.3 is 10.6 Å². The second-order valence-corrected chi connectivity index (χ2v) is 7.35. The van der Waals surface area contributed by atoms with Gasteiger partial charge in [-0.25, -0.2) is 0 Å². The molecule has 21 heavy (non-hydrogen) atoms. The van der Waals surface area contributed by atoms with E-state index in [1.807, 2.05) is 18.2 Å². The van der Waals surface area contributed by atoms with E-state index in [4.69, 9.17) is 0 Å². The van der Waals surface area contributed by atoms with Gasteiger partial charge >= 0.3 is 0 Å². The first-order valence-electron chi connectivity index (χ1n) is 7.36. The van der Waals surface area contributed by atoms with Gasteiger partial charge in [0.1, 0.15) is 0 Å². The first-order chi connectivity index (χ1) is 9.56. The molecule has 1 amide bonds. The predicted molar refractivity (Wildman–Crippen MR) is 93.5 cm³/mol. The van der Waals surface area contributed by atoms with E-state index in [9.17, 15) is 4.79 Å². The molecular formula is C16H25ClN2OS. The third-order valence-corrected chi connectivity index (χ3v) is 4.58. The standard InChI is InChI=1S/C16H24N2OS.ClH/c1-11(2)20-15-7-5-4-6-14(15)18-16(19)13-8-9-17-12(3)10-13;/h4-7,11-13,17H,8-10H2,1-3H3,(H,18,19);1H/t12-,13-;/m0./s1. The van der Waals surface area contributed by atoms with Crippen molar-refractivity contribution in [2.75, 3.05) is 11.9 Å². The Hall–Kier alpha value is -0.710. The Bertz CT molecular complexity index is 467. The van der Waals surface area contributed by atoms with Crippen molar-refractivity contribution in [2.24, 2.45) is 5.92 Å². The molecule has 1 aromatic carbocycles. The average molecular weight is 329 g/mol. The van der Waals surface area contributed by atoms with Gasteiger partial charge in [0.15, 0.2) is 0 Å². The maximum Gasteiger partial charge on any atom is 0.227 e. The molecule has 0 aliphatic carbocycles. The lowest BCUT2D eigenvalue weighted by molar-refractivity contribution is -0.120. The van der Waals surface area contributed by atoms with Crippen molar-refractivity contribution in [3.05, 3.63) is 24.3 Å². The molecule has 0 spiro atoms. The number of para-hydroxylation sites is 1. The molecule has 1 fully saturated rings. The van der Waals surface area contributed by atoms with Crippen molar-refractivity contribution in [2.45, 2.75) is 49.8 Å². The molecule has 0 radical (unpaired) electrons. The van der Waals surface area contributed by atoms with Gasteiger partial charge in [-0.1, -0.05) is 26.0 Å². The van der Waals surface area contributed by atoms with Crippen LogP contribution in [0.5, 0.6) is 0 Å². The van der Waals surface area contributed by atoms with Gasteiger partial charge in [-0.15, -0.1) is 24.2 Å². The van der Waals surface area contributed by atoms with E-state index >= 15 is 0 Å². The molecular weight excluding hydrogens is 304 g/mol. The summed E-state index contributed by atoms with van der Waals surface area (Å²) in [6.07, 6.45) is 1.85. The van der Waals surface area contributed by atoms with Gasteiger partial charge in [0.2, 0.25) is 5.91 Å². The van der Waals surface area contributed by atoms with Crippen LogP contribution in [0.4, 0.5) is 5.69 Å². The lowest BCUT2D eigenvalue weighted by Gasteiger charge is -2.27. The van der Waals surface area contributed by atoms with Gasteiger partial charge in [0, 0.05) is 22.1 Å². The second kappa shape index (κ2) is 8.66. The summed E-state index contributed by atoms with van der Waals surface area (Å²) in [6, 6.07) is 8.50. The molecule has 1 heterocycles. The van der Waals surface area contributed by atoms with Gasteiger partial charge in [0.25, 0.3) is 0 Å². The number of carbonyl (C=O) groups excluding carboxylic acids is 1. The van der Waals surface area contributed by atoms with Crippen molar-refractivity contribution in [1.82, 2.24) is 5.32 Å². The average Bonchev–Trinajstić information content (AvgIpc) is 2.40. The molecule has 5 heteroatoms. The summed E-state index contributed by atoms with van der Waals surface area (Å²) in [6.45, 7) is 7.40. The fourth-order valence-electron chi connectivity index (χ4n) is 2.53. The third-order valence-electron chi connectivity index (χ3n) is 3.50. The molecule has 0 aromatic heterocycles. The summed E-state index contributed by atoms with van der Waals surface area (Å²) in [7, 11) is 0. The summed E-state index contributed by atoms with van der Waals surface area (Å²) in [5.41, 5.74) is 0.947. The van der Waals surface area contributed by atoms with Gasteiger partial charge in [-0.2, -0.15) is 0 Å². The molecule has 0 saturated carbocycles. The maximum absolute atomic E-state index is 12.4. The van der Waals surface area contributed by atoms with Crippen LogP contribution in [0.3, 0.4) is 0 Å². The zero-order valence-electron chi connectivity index (χ0n) is 12.9. The summed E-state index contributed by atoms with van der Waals surface area (Å²) in [5, 5.41) is 7.01. The molecule has 1 aliphatic rings. The van der Waals surface area contributed by atoms with Crippen LogP contribution < -0.4 is 10.6 Å². The second-order valence-electron chi connectivity index (χ2n) is 5.73. The molecule has 3 nitrogen and oxygen atoms in total. The molecule has 118 valence electrons. The molecule has 1 aromatic rings. The number of nitrogens with one attached hydrogen (secondary N) is 2. The van der Waals surface area contributed by atoms with Gasteiger partial charge in [-0.3, -0.25) is 4.79 Å². The number of anilines is 1. The highest BCUT2D eigenvalue weighted by Crippen LogP contribution is 2.31. The number of rotatable bonds is 4. The fraction of sp³-hybridized carbons (Fsp3) is 0.562. The highest BCUT2D eigenvalue weighted by Gasteiger charge is 2.25. The van der Waals surface area contributed by atoms with E-state index < -0.39 is 0 Å². The van der Waals surface area contributed by atoms with Crippen LogP contribution in [0.15, 0.2) is 29.2 Å². The first kappa shape index (κ1) is 18.3. The summed E-state index contributed by atoms with van der Waals surface area (Å²) in [5.74, 6) is 0.290. The van der Waals surface area contributed by atoms with E-state index in [1.54, 1.807) is 11.8 Å². The lowest BCUT2D eigenvalue weighted by atomic mass is 9.92. The van der Waals surface area contributed by atoms with Crippen LogP contribution in [0.2, 0.25) is 0 Å². The Labute approximate surface area is 138 Å². The Kier molecular flexibility index (Phi) is 7.57. The summed E-state index contributed by atoms with van der Waals surface area (Å²) < 4.78 is 0. The number of benzene rings is 1. The molecule has 0 unspecified atom stereocenters. The van der Waals surface area contributed by atoms with Crippen LogP contribution in [0, 0.1) is 5.92 Å². The van der Waals surface area contributed by atoms with Crippen molar-refractivity contribution in [1.29, 1.82) is 0 Å². The van der Waals surface area contributed by atoms with Crippen molar-refractivity contribution in [3.8, 4) is 0 Å². The summed E-state index contributed by atoms with van der Waals surface area (Å²) >= 11 is 1.79. The van der Waals surface area contributed by atoms with Crippen molar-refractivity contribution < 1.29 is 4.79 Å². The van der Waals surface area contributed by atoms with Crippen LogP contribution in [-0.4, -0.2) is 23.7 Å². The zero-order chi connectivity index (χ0) is 14.5. The van der Waals surface area contributed by atoms with E-state index in [2.05, 4.69) is 37.5 Å². The number of piperidine rings is 1. The monoisotopic (exact) mass is 328 g/mol. The van der Waals surface area contributed by atoms with Crippen molar-refractivity contribution >= 4 is 35.8 Å². The quantitative estimate of drug-likeness (QED) is 0.823. The number of hydrogen-bond donors (Lipinski definition) is 2. The van der Waals surface area contributed by atoms with Gasteiger partial charge in [-0.05, 0) is 38.4 Å². The summed E-state index contributed by atoms with van der Waals surface area (Å²) in [4.78, 5) is 13.6. The number of carbonyl (C=O) groups is 1. The minimum Gasteiger partial charge on any atom is -0.325 e. The normalized spacial score (nSPS) is 21.7. The molecule has 2 rings (SSSR count). The topological polar surface area (TPSA) is 41.1 Å². The Morgan fingerprint density at radius 2 is 2.10 bits per heavy atom. The van der Waals surface area contributed by atoms with Crippen LogP contribution in [0.25, 0.3) is 0 Å². The number of thioether (sulfide) groups is 1. The minimum absolute atomic E-state index is 0. The largest absolute Gasteiger partial charge is 0.325 e. The Morgan fingerprint density at radius 1 is 1.38 bits per heavy atom. The highest BCUT2D eigenvalue weighted by atomic mass is 35.5. The third kappa shape index (κ3) is 5.53. The van der Waals surface area contributed by atoms with Gasteiger partial charge in [0.05, 0.1) is 5.69 Å². The van der Waals surface area contributed by atoms with E-state index in [-0.39, 0.29) is 24.2 Å². The number of amides is 1. The first-order valence-corrected chi connectivity index (χ1v) is 8.24. The van der Waals surface area contributed by atoms with Crippen LogP contribution >= 0.6 is 24.2 Å². The maximum atomic E-state index is 12.4. The molecule has 2 N–H and O–H groups in total. The lowest BCUT2D eigenvalue weighted by Crippen LogP contribution is -2.40.